The van der Waals surface area contributed by atoms with Crippen LogP contribution in [0.5, 0.6) is 0 Å². The highest BCUT2D eigenvalue weighted by Crippen LogP contribution is 2.06. The molecule has 3 N–H and O–H groups in total. The Hall–Kier alpha value is -1.89. The van der Waals surface area contributed by atoms with Crippen molar-refractivity contribution in [2.75, 3.05) is 20.2 Å². The van der Waals surface area contributed by atoms with Crippen LogP contribution in [0.25, 0.3) is 0 Å². The predicted molar refractivity (Wildman–Crippen MR) is 77.6 cm³/mol. The van der Waals surface area contributed by atoms with Crippen molar-refractivity contribution < 1.29 is 24.6 Å². The van der Waals surface area contributed by atoms with Crippen LogP contribution in [0.1, 0.15) is 33.1 Å². The second-order valence-electron chi connectivity index (χ2n) is 4.88. The van der Waals surface area contributed by atoms with Crippen LogP contribution in [0.15, 0.2) is 11.6 Å². The molecule has 0 aliphatic heterocycles. The van der Waals surface area contributed by atoms with Gasteiger partial charge < -0.3 is 20.4 Å². The molecule has 0 aromatic heterocycles. The van der Waals surface area contributed by atoms with E-state index in [1.807, 2.05) is 0 Å². The molecule has 1 unspecified atom stereocenters. The maximum atomic E-state index is 11.5. The number of carbonyl (C=O) groups excluding carboxylic acids is 2. The van der Waals surface area contributed by atoms with Crippen molar-refractivity contribution in [2.45, 2.75) is 39.2 Å². The molecule has 0 aromatic carbocycles. The Balaban J connectivity index is 4.18. The van der Waals surface area contributed by atoms with E-state index in [4.69, 9.17) is 10.2 Å². The Labute approximate surface area is 124 Å². The van der Waals surface area contributed by atoms with E-state index in [-0.39, 0.29) is 24.8 Å². The maximum absolute atomic E-state index is 11.5. The summed E-state index contributed by atoms with van der Waals surface area (Å²) in [5, 5.41) is 20.4. The Morgan fingerprint density at radius 2 is 1.90 bits per heavy atom. The van der Waals surface area contributed by atoms with Gasteiger partial charge in [0.15, 0.2) is 0 Å². The summed E-state index contributed by atoms with van der Waals surface area (Å²) in [6.07, 6.45) is 2.57. The van der Waals surface area contributed by atoms with Crippen LogP contribution in [0.2, 0.25) is 0 Å². The van der Waals surface area contributed by atoms with E-state index in [9.17, 15) is 14.4 Å². The van der Waals surface area contributed by atoms with Crippen LogP contribution < -0.4 is 5.32 Å². The predicted octanol–water partition coefficient (Wildman–Crippen LogP) is 0.143. The van der Waals surface area contributed by atoms with Crippen LogP contribution in [-0.4, -0.2) is 59.1 Å². The highest BCUT2D eigenvalue weighted by molar-refractivity contribution is 5.88. The number of carboxylic acid groups (broad SMARTS) is 1. The summed E-state index contributed by atoms with van der Waals surface area (Å²) < 4.78 is 0. The lowest BCUT2D eigenvalue weighted by Crippen LogP contribution is -2.41. The van der Waals surface area contributed by atoms with E-state index in [0.717, 1.165) is 5.57 Å². The van der Waals surface area contributed by atoms with Gasteiger partial charge in [0, 0.05) is 33.2 Å². The summed E-state index contributed by atoms with van der Waals surface area (Å²) in [5.41, 5.74) is 0.773. The van der Waals surface area contributed by atoms with E-state index < -0.39 is 12.0 Å². The first-order chi connectivity index (χ1) is 9.79. The first-order valence-electron chi connectivity index (χ1n) is 6.81. The molecule has 0 heterocycles. The van der Waals surface area contributed by atoms with Gasteiger partial charge in [-0.2, -0.15) is 0 Å². The Morgan fingerprint density at radius 1 is 1.29 bits per heavy atom. The van der Waals surface area contributed by atoms with E-state index in [0.29, 0.717) is 19.4 Å². The third-order valence-corrected chi connectivity index (χ3v) is 3.09. The SMILES string of the molecule is CC(=O)N(C)C(CCCNC(=O)/C=C(\C)CCO)C(=O)O. The molecule has 0 aliphatic carbocycles. The molecule has 7 heteroatoms. The lowest BCUT2D eigenvalue weighted by atomic mass is 10.1. The smallest absolute Gasteiger partial charge is 0.326 e. The zero-order chi connectivity index (χ0) is 16.4. The molecule has 0 aromatic rings. The van der Waals surface area contributed by atoms with Gasteiger partial charge in [-0.05, 0) is 26.2 Å². The van der Waals surface area contributed by atoms with Crippen LogP contribution >= 0.6 is 0 Å². The Morgan fingerprint density at radius 3 is 2.38 bits per heavy atom. The minimum absolute atomic E-state index is 0.00666. The molecule has 0 radical (unpaired) electrons. The number of aliphatic hydroxyl groups excluding tert-OH is 1. The van der Waals surface area contributed by atoms with Crippen LogP contribution in [0.4, 0.5) is 0 Å². The quantitative estimate of drug-likeness (QED) is 0.415. The van der Waals surface area contributed by atoms with Gasteiger partial charge in [0.05, 0.1) is 0 Å². The normalized spacial score (nSPS) is 12.7. The molecule has 0 saturated heterocycles. The van der Waals surface area contributed by atoms with E-state index in [1.54, 1.807) is 6.92 Å². The number of aliphatic carboxylic acids is 1. The lowest BCUT2D eigenvalue weighted by Gasteiger charge is -2.23. The molecule has 120 valence electrons. The number of hydrogen-bond donors (Lipinski definition) is 3. The summed E-state index contributed by atoms with van der Waals surface area (Å²) in [6, 6.07) is -0.883. The number of rotatable bonds is 9. The highest BCUT2D eigenvalue weighted by atomic mass is 16.4. The Kier molecular flexibility index (Phi) is 9.03. The molecule has 0 saturated carbocycles. The Bertz CT molecular complexity index is 406. The van der Waals surface area contributed by atoms with Crippen LogP contribution in [-0.2, 0) is 14.4 Å². The van der Waals surface area contributed by atoms with Gasteiger partial charge in [-0.3, -0.25) is 9.59 Å². The topological polar surface area (TPSA) is 107 Å². The number of carbonyl (C=O) groups is 3. The second kappa shape index (κ2) is 9.93. The molecule has 0 aliphatic rings. The number of carboxylic acids is 1. The van der Waals surface area contributed by atoms with Gasteiger partial charge in [0.2, 0.25) is 11.8 Å². The molecule has 21 heavy (non-hydrogen) atoms. The van der Waals surface area contributed by atoms with Crippen molar-refractivity contribution in [3.8, 4) is 0 Å². The second-order valence-corrected chi connectivity index (χ2v) is 4.88. The largest absolute Gasteiger partial charge is 0.480 e. The molecular weight excluding hydrogens is 276 g/mol. The first-order valence-corrected chi connectivity index (χ1v) is 6.81. The zero-order valence-electron chi connectivity index (χ0n) is 12.8. The van der Waals surface area contributed by atoms with Gasteiger partial charge >= 0.3 is 5.97 Å². The zero-order valence-corrected chi connectivity index (χ0v) is 12.8. The van der Waals surface area contributed by atoms with Crippen molar-refractivity contribution >= 4 is 17.8 Å². The average molecular weight is 300 g/mol. The molecule has 7 nitrogen and oxygen atoms in total. The molecule has 2 amide bonds. The van der Waals surface area contributed by atoms with Crippen molar-refractivity contribution in [1.82, 2.24) is 10.2 Å². The molecular formula is C14H24N2O5. The van der Waals surface area contributed by atoms with Gasteiger partial charge in [-0.15, -0.1) is 0 Å². The van der Waals surface area contributed by atoms with Gasteiger partial charge in [0.25, 0.3) is 0 Å². The lowest BCUT2D eigenvalue weighted by molar-refractivity contribution is -0.148. The fourth-order valence-electron chi connectivity index (χ4n) is 1.73. The number of amides is 2. The molecule has 0 spiro atoms. The van der Waals surface area contributed by atoms with Gasteiger partial charge in [0.1, 0.15) is 6.04 Å². The van der Waals surface area contributed by atoms with Crippen LogP contribution in [0, 0.1) is 0 Å². The first kappa shape index (κ1) is 19.1. The highest BCUT2D eigenvalue weighted by Gasteiger charge is 2.23. The van der Waals surface area contributed by atoms with E-state index >= 15 is 0 Å². The number of hydrogen-bond acceptors (Lipinski definition) is 4. The van der Waals surface area contributed by atoms with E-state index in [1.165, 1.54) is 24.9 Å². The monoisotopic (exact) mass is 300 g/mol. The molecule has 0 rings (SSSR count). The summed E-state index contributed by atoms with van der Waals surface area (Å²) in [4.78, 5) is 34.9. The number of nitrogens with zero attached hydrogens (tertiary/aromatic N) is 1. The van der Waals surface area contributed by atoms with Crippen LogP contribution in [0.3, 0.4) is 0 Å². The van der Waals surface area contributed by atoms with Gasteiger partial charge in [-0.25, -0.2) is 4.79 Å². The molecule has 0 fully saturated rings. The van der Waals surface area contributed by atoms with Gasteiger partial charge in [-0.1, -0.05) is 5.57 Å². The standard InChI is InChI=1S/C14H24N2O5/c1-10(6-8-17)9-13(19)15-7-4-5-12(14(20)21)16(3)11(2)18/h9,12,17H,4-8H2,1-3H3,(H,15,19)(H,20,21)/b10-9+. The van der Waals surface area contributed by atoms with E-state index in [2.05, 4.69) is 5.32 Å². The number of aliphatic hydroxyl groups is 1. The fourth-order valence-corrected chi connectivity index (χ4v) is 1.73. The minimum atomic E-state index is -1.06. The summed E-state index contributed by atoms with van der Waals surface area (Å²) in [5.74, 6) is -1.64. The number of likely N-dealkylation sites (N-methyl/N-ethyl adjacent to an activating group) is 1. The average Bonchev–Trinajstić information content (AvgIpc) is 2.37. The molecule has 0 bridgehead atoms. The van der Waals surface area contributed by atoms with Crippen molar-refractivity contribution in [3.05, 3.63) is 11.6 Å². The summed E-state index contributed by atoms with van der Waals surface area (Å²) >= 11 is 0. The maximum Gasteiger partial charge on any atom is 0.326 e. The van der Waals surface area contributed by atoms with Crippen molar-refractivity contribution in [2.24, 2.45) is 0 Å². The molecule has 1 atom stereocenters. The van der Waals surface area contributed by atoms with Crippen molar-refractivity contribution in [1.29, 1.82) is 0 Å². The third-order valence-electron chi connectivity index (χ3n) is 3.09. The summed E-state index contributed by atoms with van der Waals surface area (Å²) in [7, 11) is 1.45. The summed E-state index contributed by atoms with van der Waals surface area (Å²) in [6.45, 7) is 3.38. The number of nitrogens with one attached hydrogen (secondary N) is 1. The fraction of sp³-hybridized carbons (Fsp3) is 0.643. The third kappa shape index (κ3) is 8.09. The minimum Gasteiger partial charge on any atom is -0.480 e. The van der Waals surface area contributed by atoms with Crippen molar-refractivity contribution in [3.63, 3.8) is 0 Å².